The van der Waals surface area contributed by atoms with Crippen molar-refractivity contribution in [1.82, 2.24) is 15.8 Å². The van der Waals surface area contributed by atoms with E-state index in [-0.39, 0.29) is 23.6 Å². The molecule has 2 atom stereocenters. The second-order valence-corrected chi connectivity index (χ2v) is 8.27. The Morgan fingerprint density at radius 3 is 2.78 bits per heavy atom. The molecule has 148 valence electrons. The summed E-state index contributed by atoms with van der Waals surface area (Å²) in [4.78, 5) is 27.5. The molecule has 2 aliphatic rings. The first-order chi connectivity index (χ1) is 12.7. The van der Waals surface area contributed by atoms with Crippen LogP contribution in [0.1, 0.15) is 27.2 Å². The quantitative estimate of drug-likeness (QED) is 0.752. The summed E-state index contributed by atoms with van der Waals surface area (Å²) >= 11 is 0. The van der Waals surface area contributed by atoms with Crippen molar-refractivity contribution in [3.05, 3.63) is 24.3 Å². The van der Waals surface area contributed by atoms with Crippen molar-refractivity contribution in [1.29, 1.82) is 0 Å². The third-order valence-corrected chi connectivity index (χ3v) is 5.04. The molecule has 2 aliphatic heterocycles. The highest BCUT2D eigenvalue weighted by Crippen LogP contribution is 2.26. The number of carbonyl (C=O) groups excluding carboxylic acids is 2. The molecule has 2 heterocycles. The highest BCUT2D eigenvalue weighted by molar-refractivity contribution is 5.93. The van der Waals surface area contributed by atoms with Crippen LogP contribution < -0.4 is 21.1 Å². The van der Waals surface area contributed by atoms with Crippen LogP contribution in [0, 0.1) is 5.41 Å². The first-order valence-corrected chi connectivity index (χ1v) is 9.31. The van der Waals surface area contributed by atoms with Crippen LogP contribution in [-0.4, -0.2) is 55.9 Å². The van der Waals surface area contributed by atoms with Gasteiger partial charge in [-0.3, -0.25) is 15.8 Å². The molecule has 3 N–H and O–H groups in total. The van der Waals surface area contributed by atoms with Crippen molar-refractivity contribution in [3.8, 4) is 0 Å². The smallest absolute Gasteiger partial charge is 0.414 e. The van der Waals surface area contributed by atoms with Crippen LogP contribution in [-0.2, 0) is 4.74 Å². The van der Waals surface area contributed by atoms with Gasteiger partial charge in [0.05, 0.1) is 6.54 Å². The normalized spacial score (nSPS) is 22.7. The summed E-state index contributed by atoms with van der Waals surface area (Å²) in [5, 5.41) is 2.90. The highest BCUT2D eigenvalue weighted by Gasteiger charge is 2.33. The lowest BCUT2D eigenvalue weighted by Gasteiger charge is -2.26. The Kier molecular flexibility index (Phi) is 5.57. The monoisotopic (exact) mass is 375 g/mol. The average molecular weight is 375 g/mol. The standard InChI is InChI=1S/C19H29N5O3/c1-19(2,3)16-11-14(21-22-16)12-23(4)17(25)20-13-6-5-7-15(10-13)24-8-9-27-18(24)26/h5-7,10,14,16,21-22H,8-9,11-12H2,1-4H3,(H,20,25). The number of ether oxygens (including phenoxy) is 1. The lowest BCUT2D eigenvalue weighted by molar-refractivity contribution is 0.181. The summed E-state index contributed by atoms with van der Waals surface area (Å²) in [6.45, 7) is 8.11. The molecular formula is C19H29N5O3. The van der Waals surface area contributed by atoms with Crippen molar-refractivity contribution in [2.75, 3.05) is 37.0 Å². The van der Waals surface area contributed by atoms with Crippen molar-refractivity contribution < 1.29 is 14.3 Å². The minimum atomic E-state index is -0.358. The molecule has 3 amide bonds. The summed E-state index contributed by atoms with van der Waals surface area (Å²) in [6.07, 6.45) is 0.608. The van der Waals surface area contributed by atoms with Gasteiger partial charge in [-0.15, -0.1) is 0 Å². The zero-order valence-electron chi connectivity index (χ0n) is 16.4. The largest absolute Gasteiger partial charge is 0.447 e. The molecule has 1 aromatic carbocycles. The molecule has 0 saturated carbocycles. The number of nitrogens with zero attached hydrogens (tertiary/aromatic N) is 2. The Bertz CT molecular complexity index is 703. The van der Waals surface area contributed by atoms with E-state index < -0.39 is 0 Å². The molecule has 0 bridgehead atoms. The molecule has 1 aromatic rings. The molecule has 0 spiro atoms. The fourth-order valence-corrected chi connectivity index (χ4v) is 3.32. The number of cyclic esters (lactones) is 1. The Morgan fingerprint density at radius 2 is 2.15 bits per heavy atom. The van der Waals surface area contributed by atoms with E-state index in [1.165, 1.54) is 0 Å². The average Bonchev–Trinajstić information content (AvgIpc) is 3.23. The van der Waals surface area contributed by atoms with Gasteiger partial charge in [-0.2, -0.15) is 0 Å². The van der Waals surface area contributed by atoms with E-state index in [2.05, 4.69) is 36.9 Å². The highest BCUT2D eigenvalue weighted by atomic mass is 16.6. The van der Waals surface area contributed by atoms with Crippen molar-refractivity contribution in [3.63, 3.8) is 0 Å². The van der Waals surface area contributed by atoms with Crippen LogP contribution in [0.15, 0.2) is 24.3 Å². The molecule has 3 rings (SSSR count). The fraction of sp³-hybridized carbons (Fsp3) is 0.579. The van der Waals surface area contributed by atoms with Gasteiger partial charge >= 0.3 is 12.1 Å². The predicted molar refractivity (Wildman–Crippen MR) is 105 cm³/mol. The van der Waals surface area contributed by atoms with Gasteiger partial charge in [-0.25, -0.2) is 9.59 Å². The number of nitrogens with one attached hydrogen (secondary N) is 3. The maximum atomic E-state index is 12.5. The maximum absolute atomic E-state index is 12.5. The van der Waals surface area contributed by atoms with Gasteiger partial charge in [-0.1, -0.05) is 26.8 Å². The van der Waals surface area contributed by atoms with Gasteiger partial charge in [-0.05, 0) is 30.0 Å². The SMILES string of the molecule is CN(CC1CC(C(C)(C)C)NN1)C(=O)Nc1cccc(N2CCOC2=O)c1. The second-order valence-electron chi connectivity index (χ2n) is 8.27. The molecule has 27 heavy (non-hydrogen) atoms. The number of hydrazine groups is 1. The molecule has 8 heteroatoms. The van der Waals surface area contributed by atoms with Gasteiger partial charge in [0.1, 0.15) is 6.61 Å². The van der Waals surface area contributed by atoms with Crippen LogP contribution in [0.5, 0.6) is 0 Å². The van der Waals surface area contributed by atoms with Crippen LogP contribution in [0.2, 0.25) is 0 Å². The summed E-state index contributed by atoms with van der Waals surface area (Å²) in [6, 6.07) is 7.62. The first kappa shape index (κ1) is 19.4. The zero-order valence-corrected chi connectivity index (χ0v) is 16.4. The Labute approximate surface area is 160 Å². The third-order valence-electron chi connectivity index (χ3n) is 5.04. The maximum Gasteiger partial charge on any atom is 0.414 e. The first-order valence-electron chi connectivity index (χ1n) is 9.31. The number of carbonyl (C=O) groups is 2. The Hall–Kier alpha value is -2.32. The lowest BCUT2D eigenvalue weighted by atomic mass is 9.84. The molecule has 8 nitrogen and oxygen atoms in total. The number of urea groups is 1. The zero-order chi connectivity index (χ0) is 19.6. The summed E-state index contributed by atoms with van der Waals surface area (Å²) < 4.78 is 4.96. The molecular weight excluding hydrogens is 346 g/mol. The van der Waals surface area contributed by atoms with E-state index in [1.807, 2.05) is 18.2 Å². The third kappa shape index (κ3) is 4.70. The van der Waals surface area contributed by atoms with Crippen molar-refractivity contribution in [2.45, 2.75) is 39.3 Å². The topological polar surface area (TPSA) is 85.9 Å². The van der Waals surface area contributed by atoms with Gasteiger partial charge in [0.2, 0.25) is 0 Å². The van der Waals surface area contributed by atoms with Gasteiger partial charge in [0.15, 0.2) is 0 Å². The van der Waals surface area contributed by atoms with Crippen LogP contribution in [0.4, 0.5) is 21.0 Å². The predicted octanol–water partition coefficient (Wildman–Crippen LogP) is 2.39. The minimum Gasteiger partial charge on any atom is -0.447 e. The fourth-order valence-electron chi connectivity index (χ4n) is 3.32. The van der Waals surface area contributed by atoms with Gasteiger partial charge in [0.25, 0.3) is 0 Å². The van der Waals surface area contributed by atoms with E-state index in [9.17, 15) is 9.59 Å². The molecule has 2 fully saturated rings. The van der Waals surface area contributed by atoms with Crippen LogP contribution >= 0.6 is 0 Å². The van der Waals surface area contributed by atoms with E-state index in [0.717, 1.165) is 6.42 Å². The van der Waals surface area contributed by atoms with Crippen molar-refractivity contribution >= 4 is 23.5 Å². The van der Waals surface area contributed by atoms with Gasteiger partial charge < -0.3 is 15.0 Å². The number of hydrogen-bond donors (Lipinski definition) is 3. The Balaban J connectivity index is 1.55. The summed E-state index contributed by atoms with van der Waals surface area (Å²) in [7, 11) is 1.78. The van der Waals surface area contributed by atoms with Crippen LogP contribution in [0.25, 0.3) is 0 Å². The van der Waals surface area contributed by atoms with Gasteiger partial charge in [0, 0.05) is 37.1 Å². The molecule has 2 unspecified atom stereocenters. The van der Waals surface area contributed by atoms with E-state index in [4.69, 9.17) is 4.74 Å². The van der Waals surface area contributed by atoms with Crippen molar-refractivity contribution in [2.24, 2.45) is 5.41 Å². The van der Waals surface area contributed by atoms with Crippen LogP contribution in [0.3, 0.4) is 0 Å². The summed E-state index contributed by atoms with van der Waals surface area (Å²) in [5.74, 6) is 0. The molecule has 2 saturated heterocycles. The lowest BCUT2D eigenvalue weighted by Crippen LogP contribution is -2.43. The Morgan fingerprint density at radius 1 is 1.37 bits per heavy atom. The molecule has 0 radical (unpaired) electrons. The number of rotatable bonds is 4. The molecule has 0 aliphatic carbocycles. The van der Waals surface area contributed by atoms with E-state index in [0.29, 0.717) is 37.1 Å². The second kappa shape index (κ2) is 7.74. The molecule has 0 aromatic heterocycles. The summed E-state index contributed by atoms with van der Waals surface area (Å²) in [5.41, 5.74) is 8.14. The number of amides is 3. The number of likely N-dealkylation sites (N-methyl/N-ethyl adjacent to an activating group) is 1. The number of benzene rings is 1. The van der Waals surface area contributed by atoms with E-state index in [1.54, 1.807) is 22.9 Å². The minimum absolute atomic E-state index is 0.166. The number of hydrogen-bond acceptors (Lipinski definition) is 5. The van der Waals surface area contributed by atoms with E-state index >= 15 is 0 Å². The number of anilines is 2.